The first-order chi connectivity index (χ1) is 11.0. The average Bonchev–Trinajstić information content (AvgIpc) is 3.04. The lowest BCUT2D eigenvalue weighted by molar-refractivity contribution is -0.126. The summed E-state index contributed by atoms with van der Waals surface area (Å²) >= 11 is 0. The van der Waals surface area contributed by atoms with E-state index in [1.54, 1.807) is 0 Å². The molecule has 0 aliphatic rings. The van der Waals surface area contributed by atoms with Crippen LogP contribution < -0.4 is 16.4 Å². The van der Waals surface area contributed by atoms with Crippen LogP contribution in [0.2, 0.25) is 0 Å². The largest absolute Gasteiger partial charge is 0.370 e. The lowest BCUT2D eigenvalue weighted by atomic mass is 10.1. The summed E-state index contributed by atoms with van der Waals surface area (Å²) < 4.78 is 5.12. The normalized spacial score (nSPS) is 11.5. The summed E-state index contributed by atoms with van der Waals surface area (Å²) in [6, 6.07) is 9.51. The standard InChI is InChI=1S/C15H16N4O4/c1-17-14(21)10(8-13(16)20)18-15(22)11-7-12(23-19-11)9-5-3-2-4-6-9/h2-7,10H,8H2,1H3,(H2,16,20)(H,17,21)(H,18,22)/t10-/m0/s1. The van der Waals surface area contributed by atoms with Crippen LogP contribution in [0, 0.1) is 0 Å². The van der Waals surface area contributed by atoms with Gasteiger partial charge in [-0.3, -0.25) is 14.4 Å². The number of amides is 3. The molecule has 8 heteroatoms. The summed E-state index contributed by atoms with van der Waals surface area (Å²) in [4.78, 5) is 34.8. The Labute approximate surface area is 132 Å². The van der Waals surface area contributed by atoms with Gasteiger partial charge in [0, 0.05) is 18.7 Å². The number of carbonyl (C=O) groups is 3. The Hall–Kier alpha value is -3.16. The highest BCUT2D eigenvalue weighted by molar-refractivity contribution is 5.98. The van der Waals surface area contributed by atoms with Crippen LogP contribution in [0.3, 0.4) is 0 Å². The van der Waals surface area contributed by atoms with Crippen LogP contribution in [0.1, 0.15) is 16.9 Å². The maximum atomic E-state index is 12.1. The molecule has 2 aromatic rings. The fourth-order valence-electron chi connectivity index (χ4n) is 1.94. The van der Waals surface area contributed by atoms with Crippen molar-refractivity contribution in [3.63, 3.8) is 0 Å². The van der Waals surface area contributed by atoms with E-state index >= 15 is 0 Å². The van der Waals surface area contributed by atoms with E-state index < -0.39 is 23.8 Å². The molecule has 0 aliphatic heterocycles. The maximum Gasteiger partial charge on any atom is 0.274 e. The van der Waals surface area contributed by atoms with Gasteiger partial charge in [0.2, 0.25) is 11.8 Å². The first kappa shape index (κ1) is 16.2. The quantitative estimate of drug-likeness (QED) is 0.694. The lowest BCUT2D eigenvalue weighted by Crippen LogP contribution is -2.47. The second kappa shape index (κ2) is 7.21. The molecule has 120 valence electrons. The summed E-state index contributed by atoms with van der Waals surface area (Å²) in [5.41, 5.74) is 5.84. The highest BCUT2D eigenvalue weighted by atomic mass is 16.5. The Morgan fingerprint density at radius 1 is 1.26 bits per heavy atom. The molecule has 1 aromatic heterocycles. The third-order valence-corrected chi connectivity index (χ3v) is 3.07. The minimum atomic E-state index is -1.07. The van der Waals surface area contributed by atoms with E-state index in [1.165, 1.54) is 13.1 Å². The van der Waals surface area contributed by atoms with E-state index in [-0.39, 0.29) is 12.1 Å². The molecule has 1 aromatic carbocycles. The maximum absolute atomic E-state index is 12.1. The molecule has 0 saturated heterocycles. The molecular weight excluding hydrogens is 300 g/mol. The van der Waals surface area contributed by atoms with Crippen molar-refractivity contribution < 1.29 is 18.9 Å². The zero-order valence-corrected chi connectivity index (χ0v) is 12.4. The second-order valence-corrected chi connectivity index (χ2v) is 4.75. The SMILES string of the molecule is CNC(=O)[C@H](CC(N)=O)NC(=O)c1cc(-c2ccccc2)on1. The minimum absolute atomic E-state index is 0.00206. The molecule has 0 spiro atoms. The molecule has 3 amide bonds. The molecule has 0 unspecified atom stereocenters. The van der Waals surface area contributed by atoms with Gasteiger partial charge < -0.3 is 20.9 Å². The second-order valence-electron chi connectivity index (χ2n) is 4.75. The number of nitrogens with one attached hydrogen (secondary N) is 2. The van der Waals surface area contributed by atoms with Gasteiger partial charge in [-0.15, -0.1) is 0 Å². The van der Waals surface area contributed by atoms with Crippen molar-refractivity contribution in [2.75, 3.05) is 7.05 Å². The average molecular weight is 316 g/mol. The zero-order chi connectivity index (χ0) is 16.8. The van der Waals surface area contributed by atoms with Crippen molar-refractivity contribution in [3.05, 3.63) is 42.1 Å². The van der Waals surface area contributed by atoms with Gasteiger partial charge >= 0.3 is 0 Å². The predicted molar refractivity (Wildman–Crippen MR) is 81.1 cm³/mol. The Bertz CT molecular complexity index is 711. The molecule has 23 heavy (non-hydrogen) atoms. The number of carbonyl (C=O) groups excluding carboxylic acids is 3. The molecule has 0 radical (unpaired) electrons. The summed E-state index contributed by atoms with van der Waals surface area (Å²) in [5, 5.41) is 8.43. The van der Waals surface area contributed by atoms with Gasteiger partial charge in [-0.05, 0) is 0 Å². The van der Waals surface area contributed by atoms with E-state index in [0.29, 0.717) is 5.76 Å². The summed E-state index contributed by atoms with van der Waals surface area (Å²) in [6.45, 7) is 0. The summed E-state index contributed by atoms with van der Waals surface area (Å²) in [7, 11) is 1.39. The van der Waals surface area contributed by atoms with Gasteiger partial charge in [0.1, 0.15) is 6.04 Å². The van der Waals surface area contributed by atoms with Crippen LogP contribution >= 0.6 is 0 Å². The van der Waals surface area contributed by atoms with Gasteiger partial charge in [-0.25, -0.2) is 0 Å². The number of hydrogen-bond acceptors (Lipinski definition) is 5. The number of aromatic nitrogens is 1. The predicted octanol–water partition coefficient (Wildman–Crippen LogP) is 0.0614. The number of hydrogen-bond donors (Lipinski definition) is 3. The van der Waals surface area contributed by atoms with E-state index in [0.717, 1.165) is 5.56 Å². The van der Waals surface area contributed by atoms with Gasteiger partial charge in [0.25, 0.3) is 5.91 Å². The van der Waals surface area contributed by atoms with Gasteiger partial charge in [0.15, 0.2) is 11.5 Å². The van der Waals surface area contributed by atoms with Gasteiger partial charge in [-0.2, -0.15) is 0 Å². The molecule has 0 bridgehead atoms. The van der Waals surface area contributed by atoms with Gasteiger partial charge in [0.05, 0.1) is 6.42 Å². The number of rotatable bonds is 6. The highest BCUT2D eigenvalue weighted by Gasteiger charge is 2.24. The number of nitrogens with zero attached hydrogens (tertiary/aromatic N) is 1. The van der Waals surface area contributed by atoms with Crippen molar-refractivity contribution >= 4 is 17.7 Å². The third-order valence-electron chi connectivity index (χ3n) is 3.07. The molecule has 0 fully saturated rings. The molecule has 4 N–H and O–H groups in total. The number of likely N-dealkylation sites (N-methyl/N-ethyl adjacent to an activating group) is 1. The third kappa shape index (κ3) is 4.16. The van der Waals surface area contributed by atoms with Crippen LogP contribution in [0.25, 0.3) is 11.3 Å². The lowest BCUT2D eigenvalue weighted by Gasteiger charge is -2.14. The van der Waals surface area contributed by atoms with Crippen molar-refractivity contribution in [2.45, 2.75) is 12.5 Å². The van der Waals surface area contributed by atoms with Crippen LogP contribution in [0.15, 0.2) is 40.9 Å². The molecule has 8 nitrogen and oxygen atoms in total. The van der Waals surface area contributed by atoms with Crippen molar-refractivity contribution in [3.8, 4) is 11.3 Å². The first-order valence-corrected chi connectivity index (χ1v) is 6.84. The minimum Gasteiger partial charge on any atom is -0.370 e. The number of nitrogens with two attached hydrogens (primary N) is 1. The Kier molecular flexibility index (Phi) is 5.08. The topological polar surface area (TPSA) is 127 Å². The fraction of sp³-hybridized carbons (Fsp3) is 0.200. The van der Waals surface area contributed by atoms with Gasteiger partial charge in [-0.1, -0.05) is 35.5 Å². The van der Waals surface area contributed by atoms with E-state index in [2.05, 4.69) is 15.8 Å². The smallest absolute Gasteiger partial charge is 0.274 e. The first-order valence-electron chi connectivity index (χ1n) is 6.84. The Balaban J connectivity index is 2.12. The van der Waals surface area contributed by atoms with Crippen LogP contribution in [-0.4, -0.2) is 36.0 Å². The van der Waals surface area contributed by atoms with Crippen molar-refractivity contribution in [1.82, 2.24) is 15.8 Å². The molecular formula is C15H16N4O4. The Morgan fingerprint density at radius 2 is 1.96 bits per heavy atom. The highest BCUT2D eigenvalue weighted by Crippen LogP contribution is 2.19. The van der Waals surface area contributed by atoms with Crippen LogP contribution in [-0.2, 0) is 9.59 Å². The van der Waals surface area contributed by atoms with E-state index in [1.807, 2.05) is 30.3 Å². The van der Waals surface area contributed by atoms with Crippen LogP contribution in [0.5, 0.6) is 0 Å². The Morgan fingerprint density at radius 3 is 2.57 bits per heavy atom. The molecule has 0 aliphatic carbocycles. The van der Waals surface area contributed by atoms with Crippen molar-refractivity contribution in [2.24, 2.45) is 5.73 Å². The fourth-order valence-corrected chi connectivity index (χ4v) is 1.94. The monoisotopic (exact) mass is 316 g/mol. The molecule has 0 saturated carbocycles. The number of primary amides is 1. The number of benzene rings is 1. The van der Waals surface area contributed by atoms with E-state index in [4.69, 9.17) is 10.3 Å². The molecule has 1 heterocycles. The molecule has 2 rings (SSSR count). The zero-order valence-electron chi connectivity index (χ0n) is 12.4. The van der Waals surface area contributed by atoms with Crippen molar-refractivity contribution in [1.29, 1.82) is 0 Å². The van der Waals surface area contributed by atoms with E-state index in [9.17, 15) is 14.4 Å². The summed E-state index contributed by atoms with van der Waals surface area (Å²) in [6.07, 6.45) is -0.311. The summed E-state index contributed by atoms with van der Waals surface area (Å²) in [5.74, 6) is -1.44. The molecule has 1 atom stereocenters. The van der Waals surface area contributed by atoms with Crippen LogP contribution in [0.4, 0.5) is 0 Å².